The van der Waals surface area contributed by atoms with E-state index in [1.165, 1.54) is 6.33 Å². The Balaban J connectivity index is 2.57. The summed E-state index contributed by atoms with van der Waals surface area (Å²) in [6.45, 7) is 0.526. The molecule has 1 aromatic heterocycles. The molecule has 0 radical (unpaired) electrons. The molecular formula is C9H14BrN5O. The second-order valence-electron chi connectivity index (χ2n) is 2.98. The number of halogens is 1. The fourth-order valence-electron chi connectivity index (χ4n) is 1.09. The Morgan fingerprint density at radius 2 is 2.06 bits per heavy atom. The van der Waals surface area contributed by atoms with Gasteiger partial charge in [0.25, 0.3) is 0 Å². The Hall–Kier alpha value is -1.37. The maximum absolute atomic E-state index is 11.0. The van der Waals surface area contributed by atoms with Gasteiger partial charge in [0.05, 0.1) is 0 Å². The van der Waals surface area contributed by atoms with Gasteiger partial charge in [0.2, 0.25) is 5.91 Å². The van der Waals surface area contributed by atoms with Crippen LogP contribution in [0.1, 0.15) is 6.42 Å². The Labute approximate surface area is 102 Å². The molecule has 0 saturated heterocycles. The van der Waals surface area contributed by atoms with Gasteiger partial charge in [-0.2, -0.15) is 0 Å². The van der Waals surface area contributed by atoms with E-state index in [4.69, 9.17) is 0 Å². The van der Waals surface area contributed by atoms with E-state index in [0.29, 0.717) is 24.6 Å². The highest BCUT2D eigenvalue weighted by atomic mass is 79.9. The molecule has 0 spiro atoms. The first-order valence-electron chi connectivity index (χ1n) is 4.81. The highest BCUT2D eigenvalue weighted by molar-refractivity contribution is 9.10. The molecule has 0 unspecified atom stereocenters. The van der Waals surface area contributed by atoms with Gasteiger partial charge in [0.1, 0.15) is 22.4 Å². The highest BCUT2D eigenvalue weighted by Gasteiger charge is 2.07. The van der Waals surface area contributed by atoms with Crippen LogP contribution in [0.15, 0.2) is 10.8 Å². The van der Waals surface area contributed by atoms with Crippen LogP contribution in [-0.4, -0.2) is 36.5 Å². The van der Waals surface area contributed by atoms with Gasteiger partial charge in [-0.15, -0.1) is 0 Å². The number of hydrogen-bond donors (Lipinski definition) is 3. The van der Waals surface area contributed by atoms with Crippen LogP contribution in [0.4, 0.5) is 11.6 Å². The van der Waals surface area contributed by atoms with Crippen molar-refractivity contribution in [3.8, 4) is 0 Å². The van der Waals surface area contributed by atoms with Gasteiger partial charge >= 0.3 is 0 Å². The van der Waals surface area contributed by atoms with Gasteiger partial charge in [-0.05, 0) is 15.9 Å². The molecule has 6 nitrogen and oxygen atoms in total. The van der Waals surface area contributed by atoms with Crippen LogP contribution in [0.25, 0.3) is 0 Å². The monoisotopic (exact) mass is 287 g/mol. The van der Waals surface area contributed by atoms with Crippen LogP contribution in [0.2, 0.25) is 0 Å². The van der Waals surface area contributed by atoms with E-state index in [1.54, 1.807) is 14.1 Å². The normalized spacial score (nSPS) is 9.69. The smallest absolute Gasteiger partial charge is 0.221 e. The molecule has 0 aliphatic carbocycles. The van der Waals surface area contributed by atoms with Gasteiger partial charge in [-0.25, -0.2) is 9.97 Å². The summed E-state index contributed by atoms with van der Waals surface area (Å²) in [6.07, 6.45) is 1.86. The van der Waals surface area contributed by atoms with Crippen LogP contribution in [0.5, 0.6) is 0 Å². The van der Waals surface area contributed by atoms with Crippen molar-refractivity contribution in [1.82, 2.24) is 15.3 Å². The van der Waals surface area contributed by atoms with E-state index in [2.05, 4.69) is 41.8 Å². The van der Waals surface area contributed by atoms with Crippen LogP contribution < -0.4 is 16.0 Å². The zero-order valence-corrected chi connectivity index (χ0v) is 10.8. The van der Waals surface area contributed by atoms with E-state index >= 15 is 0 Å². The molecule has 0 saturated carbocycles. The first-order valence-corrected chi connectivity index (χ1v) is 5.61. The number of anilines is 2. The zero-order valence-electron chi connectivity index (χ0n) is 9.17. The second-order valence-corrected chi connectivity index (χ2v) is 3.78. The van der Waals surface area contributed by atoms with E-state index in [1.807, 2.05) is 0 Å². The molecule has 0 aliphatic heterocycles. The van der Waals surface area contributed by atoms with Crippen LogP contribution in [0.3, 0.4) is 0 Å². The number of aromatic nitrogens is 2. The van der Waals surface area contributed by atoms with Gasteiger partial charge in [-0.1, -0.05) is 0 Å². The predicted octanol–water partition coefficient (Wildman–Crippen LogP) is 0.829. The lowest BCUT2D eigenvalue weighted by molar-refractivity contribution is -0.120. The quantitative estimate of drug-likeness (QED) is 0.748. The molecule has 0 bridgehead atoms. The maximum atomic E-state index is 11.0. The van der Waals surface area contributed by atoms with Gasteiger partial charge < -0.3 is 16.0 Å². The molecule has 88 valence electrons. The SMILES string of the molecule is CNC(=O)CCNc1ncnc(NC)c1Br. The number of rotatable bonds is 5. The zero-order chi connectivity index (χ0) is 12.0. The highest BCUT2D eigenvalue weighted by Crippen LogP contribution is 2.25. The Morgan fingerprint density at radius 1 is 1.38 bits per heavy atom. The third-order valence-corrected chi connectivity index (χ3v) is 2.70. The summed E-state index contributed by atoms with van der Waals surface area (Å²) in [5.41, 5.74) is 0. The predicted molar refractivity (Wildman–Crippen MR) is 66.5 cm³/mol. The molecule has 1 rings (SSSR count). The van der Waals surface area contributed by atoms with Crippen molar-refractivity contribution in [2.45, 2.75) is 6.42 Å². The summed E-state index contributed by atoms with van der Waals surface area (Å²) in [4.78, 5) is 19.1. The lowest BCUT2D eigenvalue weighted by atomic mass is 10.4. The minimum Gasteiger partial charge on any atom is -0.372 e. The Kier molecular flexibility index (Phi) is 4.97. The van der Waals surface area contributed by atoms with E-state index in [0.717, 1.165) is 4.47 Å². The van der Waals surface area contributed by atoms with E-state index in [-0.39, 0.29) is 5.91 Å². The molecule has 3 N–H and O–H groups in total. The minimum absolute atomic E-state index is 0.00785. The van der Waals surface area contributed by atoms with Crippen molar-refractivity contribution in [2.75, 3.05) is 31.3 Å². The number of hydrogen-bond acceptors (Lipinski definition) is 5. The van der Waals surface area contributed by atoms with Crippen molar-refractivity contribution in [1.29, 1.82) is 0 Å². The number of amides is 1. The summed E-state index contributed by atoms with van der Waals surface area (Å²) in [5.74, 6) is 1.37. The molecule has 1 aromatic rings. The number of carbonyl (C=O) groups is 1. The third kappa shape index (κ3) is 3.34. The minimum atomic E-state index is -0.00785. The average Bonchev–Trinajstić information content (AvgIpc) is 2.31. The Bertz CT molecular complexity index is 371. The first-order chi connectivity index (χ1) is 7.69. The summed E-state index contributed by atoms with van der Waals surface area (Å²) in [7, 11) is 3.39. The standard InChI is InChI=1S/C9H14BrN5O/c1-11-6(16)3-4-13-9-7(10)8(12-2)14-5-15-9/h5H,3-4H2,1-2H3,(H,11,16)(H2,12,13,14,15). The first kappa shape index (κ1) is 12.7. The summed E-state index contributed by atoms with van der Waals surface area (Å²) < 4.78 is 0.759. The molecule has 0 fully saturated rings. The Morgan fingerprint density at radius 3 is 2.69 bits per heavy atom. The topological polar surface area (TPSA) is 78.9 Å². The summed E-state index contributed by atoms with van der Waals surface area (Å²) in [5, 5.41) is 8.54. The number of nitrogens with one attached hydrogen (secondary N) is 3. The van der Waals surface area contributed by atoms with Crippen molar-refractivity contribution in [2.24, 2.45) is 0 Å². The molecular weight excluding hydrogens is 274 g/mol. The fourth-order valence-corrected chi connectivity index (χ4v) is 1.63. The van der Waals surface area contributed by atoms with Gasteiger partial charge in [0, 0.05) is 27.1 Å². The van der Waals surface area contributed by atoms with Crippen molar-refractivity contribution < 1.29 is 4.79 Å². The number of nitrogens with zero attached hydrogens (tertiary/aromatic N) is 2. The summed E-state index contributed by atoms with van der Waals surface area (Å²) >= 11 is 3.38. The van der Waals surface area contributed by atoms with Crippen LogP contribution in [0, 0.1) is 0 Å². The molecule has 0 aromatic carbocycles. The van der Waals surface area contributed by atoms with Gasteiger partial charge in [-0.3, -0.25) is 4.79 Å². The van der Waals surface area contributed by atoms with Crippen molar-refractivity contribution >= 4 is 33.5 Å². The second kappa shape index (κ2) is 6.26. The molecule has 0 atom stereocenters. The third-order valence-electron chi connectivity index (χ3n) is 1.95. The largest absolute Gasteiger partial charge is 0.372 e. The lowest BCUT2D eigenvalue weighted by Gasteiger charge is -2.09. The molecule has 1 heterocycles. The van der Waals surface area contributed by atoms with Crippen LogP contribution in [-0.2, 0) is 4.79 Å². The molecule has 7 heteroatoms. The average molecular weight is 288 g/mol. The maximum Gasteiger partial charge on any atom is 0.221 e. The summed E-state index contributed by atoms with van der Waals surface area (Å²) in [6, 6.07) is 0. The van der Waals surface area contributed by atoms with Gasteiger partial charge in [0.15, 0.2) is 0 Å². The van der Waals surface area contributed by atoms with Crippen molar-refractivity contribution in [3.05, 3.63) is 10.8 Å². The van der Waals surface area contributed by atoms with Crippen LogP contribution >= 0.6 is 15.9 Å². The van der Waals surface area contributed by atoms with E-state index < -0.39 is 0 Å². The number of carbonyl (C=O) groups excluding carboxylic acids is 1. The molecule has 0 aliphatic rings. The molecule has 16 heavy (non-hydrogen) atoms. The molecule has 1 amide bonds. The fraction of sp³-hybridized carbons (Fsp3) is 0.444. The van der Waals surface area contributed by atoms with Crippen molar-refractivity contribution in [3.63, 3.8) is 0 Å². The van der Waals surface area contributed by atoms with E-state index in [9.17, 15) is 4.79 Å². The lowest BCUT2D eigenvalue weighted by Crippen LogP contribution is -2.21.